The minimum Gasteiger partial charge on any atom is -0.513 e. The molecule has 2 N–H and O–H groups in total. The van der Waals surface area contributed by atoms with E-state index in [0.29, 0.717) is 18.1 Å². The highest BCUT2D eigenvalue weighted by Gasteiger charge is 2.21. The van der Waals surface area contributed by atoms with Crippen molar-refractivity contribution in [3.05, 3.63) is 12.3 Å². The van der Waals surface area contributed by atoms with Gasteiger partial charge in [0.15, 0.2) is 0 Å². The zero-order valence-electron chi connectivity index (χ0n) is 10.3. The highest BCUT2D eigenvalue weighted by Crippen LogP contribution is 2.21. The lowest BCUT2D eigenvalue weighted by Crippen LogP contribution is -2.26. The van der Waals surface area contributed by atoms with Gasteiger partial charge in [-0.05, 0) is 19.5 Å². The smallest absolute Gasteiger partial charge is 0.0962 e. The molecule has 1 rings (SSSR count). The maximum atomic E-state index is 9.18. The number of nitrogens with one attached hydrogen (secondary N) is 1. The first-order valence-corrected chi connectivity index (χ1v) is 7.57. The van der Waals surface area contributed by atoms with E-state index in [-0.39, 0.29) is 5.76 Å². The molecule has 2 unspecified atom stereocenters. The molecule has 0 heterocycles. The van der Waals surface area contributed by atoms with Crippen molar-refractivity contribution in [2.24, 2.45) is 4.99 Å². The fraction of sp³-hybridized carbons (Fsp3) is 0.750. The fourth-order valence-electron chi connectivity index (χ4n) is 1.49. The van der Waals surface area contributed by atoms with Crippen molar-refractivity contribution in [1.82, 2.24) is 5.32 Å². The van der Waals surface area contributed by atoms with E-state index in [4.69, 9.17) is 0 Å². The third-order valence-corrected chi connectivity index (χ3v) is 3.88. The van der Waals surface area contributed by atoms with Gasteiger partial charge in [0.05, 0.1) is 11.6 Å². The van der Waals surface area contributed by atoms with Crippen LogP contribution < -0.4 is 5.32 Å². The molecule has 1 aliphatic rings. The van der Waals surface area contributed by atoms with Crippen molar-refractivity contribution in [1.29, 1.82) is 0 Å². The van der Waals surface area contributed by atoms with E-state index in [2.05, 4.69) is 30.5 Å². The van der Waals surface area contributed by atoms with Gasteiger partial charge in [-0.25, -0.2) is 0 Å². The standard InChI is InChI=1S/C12H23N2OP/c1-4-12(14-10-5-6-10)13-8-11(16-3)7-9(2)15/h10-11,15-16H,2,4-8H2,1,3H3,(H,13,14). The average Bonchev–Trinajstić information content (AvgIpc) is 3.05. The first kappa shape index (κ1) is 13.5. The predicted molar refractivity (Wildman–Crippen MR) is 73.2 cm³/mol. The summed E-state index contributed by atoms with van der Waals surface area (Å²) in [5, 5.41) is 12.6. The van der Waals surface area contributed by atoms with Crippen molar-refractivity contribution in [3.63, 3.8) is 0 Å². The van der Waals surface area contributed by atoms with Crippen LogP contribution >= 0.6 is 8.58 Å². The Labute approximate surface area is 100 Å². The molecule has 0 spiro atoms. The van der Waals surface area contributed by atoms with E-state index >= 15 is 0 Å². The van der Waals surface area contributed by atoms with Gasteiger partial charge in [0, 0.05) is 31.1 Å². The van der Waals surface area contributed by atoms with Crippen LogP contribution in [0.1, 0.15) is 32.6 Å². The van der Waals surface area contributed by atoms with E-state index in [1.807, 2.05) is 0 Å². The Bertz CT molecular complexity index is 262. The molecule has 0 aromatic carbocycles. The van der Waals surface area contributed by atoms with Crippen molar-refractivity contribution < 1.29 is 5.11 Å². The summed E-state index contributed by atoms with van der Waals surface area (Å²) in [4.78, 5) is 4.61. The topological polar surface area (TPSA) is 44.6 Å². The van der Waals surface area contributed by atoms with Crippen LogP contribution in [0.15, 0.2) is 17.3 Å². The van der Waals surface area contributed by atoms with Crippen molar-refractivity contribution >= 4 is 14.4 Å². The Morgan fingerprint density at radius 2 is 2.31 bits per heavy atom. The number of rotatable bonds is 7. The van der Waals surface area contributed by atoms with Gasteiger partial charge in [-0.3, -0.25) is 4.99 Å². The molecular weight excluding hydrogens is 219 g/mol. The van der Waals surface area contributed by atoms with E-state index in [1.165, 1.54) is 12.8 Å². The molecule has 0 aromatic heterocycles. The molecule has 1 aliphatic carbocycles. The molecule has 0 radical (unpaired) electrons. The Balaban J connectivity index is 2.36. The van der Waals surface area contributed by atoms with E-state index < -0.39 is 0 Å². The molecule has 0 bridgehead atoms. The zero-order chi connectivity index (χ0) is 12.0. The van der Waals surface area contributed by atoms with Crippen LogP contribution in [0.25, 0.3) is 0 Å². The van der Waals surface area contributed by atoms with Gasteiger partial charge < -0.3 is 10.4 Å². The third-order valence-electron chi connectivity index (χ3n) is 2.68. The number of nitrogens with zero attached hydrogens (tertiary/aromatic N) is 1. The maximum absolute atomic E-state index is 9.18. The Kier molecular flexibility index (Phi) is 5.83. The first-order valence-electron chi connectivity index (χ1n) is 5.99. The van der Waals surface area contributed by atoms with Gasteiger partial charge >= 0.3 is 0 Å². The van der Waals surface area contributed by atoms with Crippen LogP contribution in [0.3, 0.4) is 0 Å². The van der Waals surface area contributed by atoms with E-state index in [9.17, 15) is 5.11 Å². The van der Waals surface area contributed by atoms with Gasteiger partial charge in [-0.1, -0.05) is 13.5 Å². The van der Waals surface area contributed by atoms with Crippen molar-refractivity contribution in [2.75, 3.05) is 13.2 Å². The lowest BCUT2D eigenvalue weighted by atomic mass is 10.3. The molecule has 3 nitrogen and oxygen atoms in total. The molecular formula is C12H23N2OP. The number of amidine groups is 1. The Hall–Kier alpha value is -0.560. The maximum Gasteiger partial charge on any atom is 0.0962 e. The molecule has 2 atom stereocenters. The molecule has 1 saturated carbocycles. The number of allylic oxidation sites excluding steroid dienone is 1. The van der Waals surface area contributed by atoms with Gasteiger partial charge in [-0.15, -0.1) is 8.58 Å². The molecule has 1 fully saturated rings. The molecule has 0 aromatic rings. The molecule has 0 saturated heterocycles. The van der Waals surface area contributed by atoms with Gasteiger partial charge in [-0.2, -0.15) is 0 Å². The summed E-state index contributed by atoms with van der Waals surface area (Å²) in [6.07, 6.45) is 4.21. The van der Waals surface area contributed by atoms with Crippen molar-refractivity contribution in [3.8, 4) is 0 Å². The molecule has 92 valence electrons. The third kappa shape index (κ3) is 5.50. The lowest BCUT2D eigenvalue weighted by Gasteiger charge is -2.13. The fourth-order valence-corrected chi connectivity index (χ4v) is 2.20. The SMILES string of the molecule is C=C(O)CC(CN=C(CC)NC1CC1)PC. The van der Waals surface area contributed by atoms with Crippen LogP contribution in [0.4, 0.5) is 0 Å². The largest absolute Gasteiger partial charge is 0.513 e. The Morgan fingerprint density at radius 1 is 1.62 bits per heavy atom. The second-order valence-corrected chi connectivity index (χ2v) is 5.71. The number of aliphatic hydroxyl groups excluding tert-OH is 1. The minimum atomic E-state index is 0.280. The Morgan fingerprint density at radius 3 is 2.75 bits per heavy atom. The summed E-state index contributed by atoms with van der Waals surface area (Å²) in [6.45, 7) is 8.63. The van der Waals surface area contributed by atoms with Gasteiger partial charge in [0.25, 0.3) is 0 Å². The van der Waals surface area contributed by atoms with Crippen LogP contribution in [0, 0.1) is 0 Å². The zero-order valence-corrected chi connectivity index (χ0v) is 11.3. The predicted octanol–water partition coefficient (Wildman–Crippen LogP) is 2.69. The van der Waals surface area contributed by atoms with E-state index in [0.717, 1.165) is 27.4 Å². The van der Waals surface area contributed by atoms with Crippen LogP contribution in [0.5, 0.6) is 0 Å². The average molecular weight is 242 g/mol. The lowest BCUT2D eigenvalue weighted by molar-refractivity contribution is 0.389. The second kappa shape index (κ2) is 6.90. The minimum absolute atomic E-state index is 0.280. The van der Waals surface area contributed by atoms with E-state index in [1.54, 1.807) is 0 Å². The molecule has 16 heavy (non-hydrogen) atoms. The molecule has 4 heteroatoms. The molecule has 0 amide bonds. The summed E-state index contributed by atoms with van der Waals surface area (Å²) in [7, 11) is 0.798. The number of aliphatic hydroxyl groups is 1. The number of aliphatic imine (C=N–C) groups is 1. The van der Waals surface area contributed by atoms with Gasteiger partial charge in [0.1, 0.15) is 0 Å². The number of hydrogen-bond donors (Lipinski definition) is 2. The monoisotopic (exact) mass is 242 g/mol. The summed E-state index contributed by atoms with van der Waals surface area (Å²) in [5.41, 5.74) is 0.444. The highest BCUT2D eigenvalue weighted by atomic mass is 31.1. The van der Waals surface area contributed by atoms with Gasteiger partial charge in [0.2, 0.25) is 0 Å². The first-order chi connectivity index (χ1) is 7.65. The summed E-state index contributed by atoms with van der Waals surface area (Å²) in [5.74, 6) is 1.40. The van der Waals surface area contributed by atoms with Crippen molar-refractivity contribution in [2.45, 2.75) is 44.3 Å². The second-order valence-electron chi connectivity index (χ2n) is 4.32. The number of hydrogen-bond acceptors (Lipinski definition) is 2. The normalized spacial score (nSPS) is 19.0. The van der Waals surface area contributed by atoms with Crippen LogP contribution in [0.2, 0.25) is 0 Å². The molecule has 0 aliphatic heterocycles. The van der Waals surface area contributed by atoms with Crippen LogP contribution in [-0.2, 0) is 0 Å². The highest BCUT2D eigenvalue weighted by molar-refractivity contribution is 7.37. The quantitative estimate of drug-likeness (QED) is 0.312. The summed E-state index contributed by atoms with van der Waals surface area (Å²) < 4.78 is 0. The van der Waals surface area contributed by atoms with Crippen LogP contribution in [-0.4, -0.2) is 35.9 Å². The summed E-state index contributed by atoms with van der Waals surface area (Å²) >= 11 is 0. The summed E-state index contributed by atoms with van der Waals surface area (Å²) in [6, 6.07) is 0.675.